The first-order valence-corrected chi connectivity index (χ1v) is 6.24. The number of nitrogens with zero attached hydrogens (tertiary/aromatic N) is 1. The van der Waals surface area contributed by atoms with E-state index in [2.05, 4.69) is 30.1 Å². The lowest BCUT2D eigenvalue weighted by molar-refractivity contribution is 0.162. The molecular formula is C13H26N2O. The fourth-order valence-electron chi connectivity index (χ4n) is 2.27. The van der Waals surface area contributed by atoms with E-state index in [4.69, 9.17) is 4.74 Å². The first-order chi connectivity index (χ1) is 7.69. The number of hydrogen-bond donors (Lipinski definition) is 1. The van der Waals surface area contributed by atoms with Gasteiger partial charge in [0.2, 0.25) is 0 Å². The molecule has 2 atom stereocenters. The maximum absolute atomic E-state index is 5.17. The van der Waals surface area contributed by atoms with Crippen molar-refractivity contribution < 1.29 is 4.74 Å². The van der Waals surface area contributed by atoms with E-state index in [9.17, 15) is 0 Å². The van der Waals surface area contributed by atoms with Gasteiger partial charge in [0.15, 0.2) is 0 Å². The number of hydrogen-bond acceptors (Lipinski definition) is 3. The van der Waals surface area contributed by atoms with Crippen molar-refractivity contribution in [3.05, 3.63) is 11.6 Å². The van der Waals surface area contributed by atoms with Crippen LogP contribution in [0.3, 0.4) is 0 Å². The Morgan fingerprint density at radius 2 is 2.25 bits per heavy atom. The van der Waals surface area contributed by atoms with Gasteiger partial charge in [0.1, 0.15) is 0 Å². The molecule has 0 spiro atoms. The van der Waals surface area contributed by atoms with E-state index < -0.39 is 0 Å². The summed E-state index contributed by atoms with van der Waals surface area (Å²) in [5.41, 5.74) is 1.45. The van der Waals surface area contributed by atoms with Crippen molar-refractivity contribution in [2.45, 2.75) is 26.3 Å². The number of rotatable bonds is 6. The van der Waals surface area contributed by atoms with Crippen LogP contribution >= 0.6 is 0 Å². The van der Waals surface area contributed by atoms with Crippen LogP contribution in [-0.4, -0.2) is 51.3 Å². The summed E-state index contributed by atoms with van der Waals surface area (Å²) in [7, 11) is 3.79. The molecule has 0 aliphatic carbocycles. The summed E-state index contributed by atoms with van der Waals surface area (Å²) < 4.78 is 5.17. The molecule has 0 amide bonds. The minimum Gasteiger partial charge on any atom is -0.380 e. The van der Waals surface area contributed by atoms with Gasteiger partial charge >= 0.3 is 0 Å². The number of ether oxygens (including phenoxy) is 1. The molecule has 2 unspecified atom stereocenters. The lowest BCUT2D eigenvalue weighted by Gasteiger charge is -2.35. The van der Waals surface area contributed by atoms with Gasteiger partial charge in [-0.3, -0.25) is 4.90 Å². The van der Waals surface area contributed by atoms with Gasteiger partial charge < -0.3 is 10.1 Å². The molecule has 0 saturated heterocycles. The Hall–Kier alpha value is -0.380. The largest absolute Gasteiger partial charge is 0.380 e. The molecule has 1 aliphatic heterocycles. The van der Waals surface area contributed by atoms with Gasteiger partial charge in [0, 0.05) is 26.2 Å². The molecule has 3 heteroatoms. The average molecular weight is 226 g/mol. The predicted octanol–water partition coefficient (Wildman–Crippen LogP) is 1.51. The van der Waals surface area contributed by atoms with Crippen molar-refractivity contribution in [3.63, 3.8) is 0 Å². The maximum Gasteiger partial charge on any atom is 0.0673 e. The molecule has 0 aromatic rings. The fraction of sp³-hybridized carbons (Fsp3) is 0.846. The van der Waals surface area contributed by atoms with Crippen LogP contribution in [-0.2, 0) is 4.74 Å². The number of nitrogens with one attached hydrogen (secondary N) is 1. The Balaban J connectivity index is 2.40. The second-order valence-electron chi connectivity index (χ2n) is 4.82. The zero-order chi connectivity index (χ0) is 12.0. The molecule has 94 valence electrons. The molecule has 1 aliphatic rings. The van der Waals surface area contributed by atoms with E-state index in [0.717, 1.165) is 26.1 Å². The Morgan fingerprint density at radius 1 is 1.50 bits per heavy atom. The van der Waals surface area contributed by atoms with Gasteiger partial charge in [-0.15, -0.1) is 0 Å². The third-order valence-corrected chi connectivity index (χ3v) is 3.59. The summed E-state index contributed by atoms with van der Waals surface area (Å²) in [6.07, 6.45) is 3.49. The van der Waals surface area contributed by atoms with Crippen LogP contribution in [0.15, 0.2) is 11.6 Å². The van der Waals surface area contributed by atoms with Crippen molar-refractivity contribution in [1.29, 1.82) is 0 Å². The highest BCUT2D eigenvalue weighted by Gasteiger charge is 2.21. The Bertz CT molecular complexity index is 228. The third-order valence-electron chi connectivity index (χ3n) is 3.59. The fourth-order valence-corrected chi connectivity index (χ4v) is 2.27. The topological polar surface area (TPSA) is 24.5 Å². The van der Waals surface area contributed by atoms with Gasteiger partial charge in [-0.2, -0.15) is 0 Å². The van der Waals surface area contributed by atoms with Crippen molar-refractivity contribution in [2.75, 3.05) is 40.4 Å². The normalized spacial score (nSPS) is 21.6. The highest BCUT2D eigenvalue weighted by molar-refractivity contribution is 5.08. The summed E-state index contributed by atoms with van der Waals surface area (Å²) >= 11 is 0. The van der Waals surface area contributed by atoms with Crippen LogP contribution in [0.25, 0.3) is 0 Å². The Morgan fingerprint density at radius 3 is 2.75 bits per heavy atom. The first kappa shape index (κ1) is 13.7. The van der Waals surface area contributed by atoms with Crippen LogP contribution in [0.2, 0.25) is 0 Å². The van der Waals surface area contributed by atoms with Gasteiger partial charge in [-0.05, 0) is 38.4 Å². The molecule has 0 radical (unpaired) electrons. The molecule has 1 heterocycles. The van der Waals surface area contributed by atoms with E-state index in [-0.39, 0.29) is 0 Å². The van der Waals surface area contributed by atoms with Gasteiger partial charge in [-0.1, -0.05) is 13.0 Å². The molecule has 0 aromatic carbocycles. The summed E-state index contributed by atoms with van der Waals surface area (Å²) in [6.45, 7) is 8.78. The molecule has 1 rings (SSSR count). The standard InChI is InChI=1S/C13H26N2O/c1-11(9-14-3)12(2)15-7-5-13(6-8-15)10-16-4/h5,11-12,14H,6-10H2,1-4H3. The van der Waals surface area contributed by atoms with Crippen LogP contribution in [0, 0.1) is 5.92 Å². The first-order valence-electron chi connectivity index (χ1n) is 6.24. The van der Waals surface area contributed by atoms with Crippen molar-refractivity contribution >= 4 is 0 Å². The smallest absolute Gasteiger partial charge is 0.0673 e. The van der Waals surface area contributed by atoms with E-state index in [1.54, 1.807) is 7.11 Å². The van der Waals surface area contributed by atoms with E-state index >= 15 is 0 Å². The Labute approximate surface area is 99.8 Å². The van der Waals surface area contributed by atoms with E-state index in [1.807, 2.05) is 7.05 Å². The maximum atomic E-state index is 5.17. The molecule has 16 heavy (non-hydrogen) atoms. The lowest BCUT2D eigenvalue weighted by Crippen LogP contribution is -2.43. The number of methoxy groups -OCH3 is 1. The van der Waals surface area contributed by atoms with E-state index in [0.29, 0.717) is 12.0 Å². The molecule has 0 saturated carbocycles. The highest BCUT2D eigenvalue weighted by Crippen LogP contribution is 2.17. The molecule has 1 N–H and O–H groups in total. The molecule has 0 fully saturated rings. The summed E-state index contributed by atoms with van der Waals surface area (Å²) in [5, 5.41) is 3.25. The lowest BCUT2D eigenvalue weighted by atomic mass is 9.99. The minimum atomic E-state index is 0.646. The van der Waals surface area contributed by atoms with Crippen LogP contribution in [0.4, 0.5) is 0 Å². The molecule has 0 bridgehead atoms. The zero-order valence-corrected chi connectivity index (χ0v) is 11.1. The minimum absolute atomic E-state index is 0.646. The van der Waals surface area contributed by atoms with Gasteiger partial charge in [-0.25, -0.2) is 0 Å². The summed E-state index contributed by atoms with van der Waals surface area (Å²) in [4.78, 5) is 2.56. The van der Waals surface area contributed by atoms with Crippen molar-refractivity contribution in [2.24, 2.45) is 5.92 Å². The van der Waals surface area contributed by atoms with Crippen LogP contribution in [0.5, 0.6) is 0 Å². The predicted molar refractivity (Wildman–Crippen MR) is 68.7 cm³/mol. The zero-order valence-electron chi connectivity index (χ0n) is 11.1. The second-order valence-corrected chi connectivity index (χ2v) is 4.82. The van der Waals surface area contributed by atoms with Crippen molar-refractivity contribution in [3.8, 4) is 0 Å². The molecule has 3 nitrogen and oxygen atoms in total. The Kier molecular flexibility index (Phi) is 6.03. The van der Waals surface area contributed by atoms with E-state index in [1.165, 1.54) is 12.1 Å². The SMILES string of the molecule is CNCC(C)C(C)N1CC=C(COC)CC1. The van der Waals surface area contributed by atoms with Gasteiger partial charge in [0.25, 0.3) is 0 Å². The quantitative estimate of drug-likeness (QED) is 0.695. The van der Waals surface area contributed by atoms with Crippen molar-refractivity contribution in [1.82, 2.24) is 10.2 Å². The van der Waals surface area contributed by atoms with Gasteiger partial charge in [0.05, 0.1) is 6.61 Å². The third kappa shape index (κ3) is 3.89. The summed E-state index contributed by atoms with van der Waals surface area (Å²) in [6, 6.07) is 0.646. The molecule has 0 aromatic heterocycles. The summed E-state index contributed by atoms with van der Waals surface area (Å²) in [5.74, 6) is 0.697. The second kappa shape index (κ2) is 7.05. The average Bonchev–Trinajstić information content (AvgIpc) is 2.30. The monoisotopic (exact) mass is 226 g/mol. The van der Waals surface area contributed by atoms with Crippen LogP contribution in [0.1, 0.15) is 20.3 Å². The highest BCUT2D eigenvalue weighted by atomic mass is 16.5. The molecular weight excluding hydrogens is 200 g/mol. The van der Waals surface area contributed by atoms with Crippen LogP contribution < -0.4 is 5.32 Å².